The van der Waals surface area contributed by atoms with Crippen molar-refractivity contribution in [3.63, 3.8) is 0 Å². The molecule has 214 valence electrons. The molecule has 1 amide bonds. The Labute approximate surface area is 245 Å². The number of rotatable bonds is 8. The smallest absolute Gasteiger partial charge is 0.247 e. The molecule has 0 unspecified atom stereocenters. The van der Waals surface area contributed by atoms with Gasteiger partial charge in [0.05, 0.1) is 47.1 Å². The van der Waals surface area contributed by atoms with Crippen LogP contribution in [0.4, 0.5) is 23.0 Å². The van der Waals surface area contributed by atoms with Crippen molar-refractivity contribution in [3.8, 4) is 23.1 Å². The fourth-order valence-electron chi connectivity index (χ4n) is 6.06. The Balaban J connectivity index is 1.40. The van der Waals surface area contributed by atoms with Crippen LogP contribution in [0.2, 0.25) is 0 Å². The number of carbonyl (C=O) groups is 1. The van der Waals surface area contributed by atoms with E-state index in [9.17, 15) is 10.1 Å². The van der Waals surface area contributed by atoms with Gasteiger partial charge in [0.25, 0.3) is 0 Å². The summed E-state index contributed by atoms with van der Waals surface area (Å²) < 4.78 is 8.05. The average Bonchev–Trinajstić information content (AvgIpc) is 3.64. The second-order valence-corrected chi connectivity index (χ2v) is 11.0. The molecule has 10 heteroatoms. The summed E-state index contributed by atoms with van der Waals surface area (Å²) >= 11 is 0. The number of nitrogens with zero attached hydrogens (tertiary/aromatic N) is 6. The third kappa shape index (κ3) is 4.92. The van der Waals surface area contributed by atoms with Gasteiger partial charge in [-0.1, -0.05) is 24.8 Å². The highest BCUT2D eigenvalue weighted by molar-refractivity contribution is 6.02. The zero-order chi connectivity index (χ0) is 29.4. The number of amides is 1. The van der Waals surface area contributed by atoms with Crippen molar-refractivity contribution in [1.82, 2.24) is 19.4 Å². The van der Waals surface area contributed by atoms with E-state index in [1.807, 2.05) is 12.1 Å². The van der Waals surface area contributed by atoms with E-state index in [0.717, 1.165) is 55.5 Å². The SMILES string of the molecule is C=CC(=O)Nc1cc(Nc2ncc(C#N)c(-c3cn4c5c(cccc35)CCC4)n2)c(OC)cc1N1CC[C@@H](N(C)C)C1. The maximum atomic E-state index is 12.4. The van der Waals surface area contributed by atoms with E-state index in [1.165, 1.54) is 17.2 Å². The van der Waals surface area contributed by atoms with Crippen LogP contribution in [-0.2, 0) is 17.8 Å². The van der Waals surface area contributed by atoms with E-state index in [4.69, 9.17) is 9.72 Å². The number of anilines is 4. The molecule has 2 N–H and O–H groups in total. The number of nitrogens with one attached hydrogen (secondary N) is 2. The fourth-order valence-corrected chi connectivity index (χ4v) is 6.06. The van der Waals surface area contributed by atoms with Crippen LogP contribution in [0.15, 0.2) is 55.4 Å². The molecule has 1 saturated heterocycles. The Morgan fingerprint density at radius 1 is 1.26 bits per heavy atom. The normalized spacial score (nSPS) is 16.0. The zero-order valence-electron chi connectivity index (χ0n) is 24.1. The average molecular weight is 563 g/mol. The van der Waals surface area contributed by atoms with Crippen molar-refractivity contribution in [2.75, 3.05) is 49.8 Å². The quantitative estimate of drug-likeness (QED) is 0.291. The second-order valence-electron chi connectivity index (χ2n) is 11.0. The Hall–Kier alpha value is -4.88. The summed E-state index contributed by atoms with van der Waals surface area (Å²) in [5, 5.41) is 17.3. The number of para-hydroxylation sites is 1. The third-order valence-electron chi connectivity index (χ3n) is 8.23. The lowest BCUT2D eigenvalue weighted by molar-refractivity contribution is -0.111. The molecule has 0 saturated carbocycles. The predicted octanol–water partition coefficient (Wildman–Crippen LogP) is 4.93. The summed E-state index contributed by atoms with van der Waals surface area (Å²) in [4.78, 5) is 26.2. The number of methoxy groups -OCH3 is 1. The van der Waals surface area contributed by atoms with Crippen LogP contribution in [0.5, 0.6) is 5.75 Å². The lowest BCUT2D eigenvalue weighted by Crippen LogP contribution is -2.31. The molecule has 0 spiro atoms. The molecule has 2 aliphatic rings. The monoisotopic (exact) mass is 562 g/mol. The first-order chi connectivity index (χ1) is 20.4. The number of hydrogen-bond acceptors (Lipinski definition) is 8. The van der Waals surface area contributed by atoms with E-state index in [2.05, 4.69) is 81.1 Å². The van der Waals surface area contributed by atoms with E-state index < -0.39 is 0 Å². The predicted molar refractivity (Wildman–Crippen MR) is 165 cm³/mol. The van der Waals surface area contributed by atoms with Gasteiger partial charge in [-0.25, -0.2) is 9.97 Å². The maximum Gasteiger partial charge on any atom is 0.247 e. The second kappa shape index (κ2) is 11.2. The van der Waals surface area contributed by atoms with Gasteiger partial charge in [0, 0.05) is 48.9 Å². The minimum Gasteiger partial charge on any atom is -0.494 e. The molecular weight excluding hydrogens is 528 g/mol. The van der Waals surface area contributed by atoms with Crippen LogP contribution in [0.25, 0.3) is 22.2 Å². The van der Waals surface area contributed by atoms with Gasteiger partial charge >= 0.3 is 0 Å². The van der Waals surface area contributed by atoms with Gasteiger partial charge < -0.3 is 29.7 Å². The van der Waals surface area contributed by atoms with E-state index in [1.54, 1.807) is 13.3 Å². The van der Waals surface area contributed by atoms with Gasteiger partial charge in [-0.2, -0.15) is 5.26 Å². The molecule has 4 aromatic rings. The minimum atomic E-state index is -0.305. The molecule has 4 heterocycles. The molecule has 0 aliphatic carbocycles. The van der Waals surface area contributed by atoms with Crippen LogP contribution < -0.4 is 20.3 Å². The van der Waals surface area contributed by atoms with Crippen molar-refractivity contribution >= 4 is 39.8 Å². The van der Waals surface area contributed by atoms with Crippen LogP contribution >= 0.6 is 0 Å². The molecule has 42 heavy (non-hydrogen) atoms. The summed E-state index contributed by atoms with van der Waals surface area (Å²) in [6.45, 7) is 6.23. The topological polar surface area (TPSA) is 111 Å². The Kier molecular flexibility index (Phi) is 7.27. The maximum absolute atomic E-state index is 12.4. The first-order valence-corrected chi connectivity index (χ1v) is 14.1. The minimum absolute atomic E-state index is 0.305. The van der Waals surface area contributed by atoms with E-state index in [-0.39, 0.29) is 5.91 Å². The van der Waals surface area contributed by atoms with Crippen LogP contribution in [0.3, 0.4) is 0 Å². The fraction of sp³-hybridized carbons (Fsp3) is 0.312. The van der Waals surface area contributed by atoms with E-state index >= 15 is 0 Å². The summed E-state index contributed by atoms with van der Waals surface area (Å²) in [7, 11) is 5.77. The summed E-state index contributed by atoms with van der Waals surface area (Å²) in [6, 6.07) is 12.8. The molecule has 1 atom stereocenters. The van der Waals surface area contributed by atoms with Crippen LogP contribution in [0, 0.1) is 11.3 Å². The van der Waals surface area contributed by atoms with Crippen molar-refractivity contribution in [3.05, 3.63) is 66.5 Å². The molecule has 2 aromatic carbocycles. The number of aryl methyl sites for hydroxylation is 2. The van der Waals surface area contributed by atoms with Crippen molar-refractivity contribution in [1.29, 1.82) is 5.26 Å². The summed E-state index contributed by atoms with van der Waals surface area (Å²) in [5.41, 5.74) is 6.47. The Morgan fingerprint density at radius 3 is 2.86 bits per heavy atom. The van der Waals surface area contributed by atoms with Crippen molar-refractivity contribution in [2.24, 2.45) is 0 Å². The summed E-state index contributed by atoms with van der Waals surface area (Å²) in [6.07, 6.45) is 8.03. The Bertz CT molecular complexity index is 1730. The molecule has 10 nitrogen and oxygen atoms in total. The third-order valence-corrected chi connectivity index (χ3v) is 8.23. The van der Waals surface area contributed by atoms with Gasteiger partial charge in [-0.3, -0.25) is 4.79 Å². The van der Waals surface area contributed by atoms with Gasteiger partial charge in [-0.05, 0) is 51.1 Å². The van der Waals surface area contributed by atoms with E-state index in [0.29, 0.717) is 40.4 Å². The lowest BCUT2D eigenvalue weighted by Gasteiger charge is -2.25. The number of ether oxygens (including phenoxy) is 1. The van der Waals surface area contributed by atoms with Gasteiger partial charge in [-0.15, -0.1) is 0 Å². The number of aromatic nitrogens is 3. The van der Waals surface area contributed by atoms with Gasteiger partial charge in [0.2, 0.25) is 11.9 Å². The van der Waals surface area contributed by atoms with Gasteiger partial charge in [0.1, 0.15) is 11.8 Å². The molecule has 6 rings (SSSR count). The highest BCUT2D eigenvalue weighted by atomic mass is 16.5. The molecule has 2 aliphatic heterocycles. The number of hydrogen-bond donors (Lipinski definition) is 2. The number of likely N-dealkylation sites (N-methyl/N-ethyl adjacent to an activating group) is 1. The van der Waals surface area contributed by atoms with Crippen LogP contribution in [0.1, 0.15) is 24.0 Å². The molecule has 2 aromatic heterocycles. The Morgan fingerprint density at radius 2 is 2.12 bits per heavy atom. The number of carbonyl (C=O) groups excluding carboxylic acids is 1. The highest BCUT2D eigenvalue weighted by Crippen LogP contribution is 2.40. The van der Waals surface area contributed by atoms with Crippen molar-refractivity contribution in [2.45, 2.75) is 31.8 Å². The van der Waals surface area contributed by atoms with Crippen LogP contribution in [-0.4, -0.2) is 65.7 Å². The summed E-state index contributed by atoms with van der Waals surface area (Å²) in [5.74, 6) is 0.592. The first kappa shape index (κ1) is 27.3. The van der Waals surface area contributed by atoms with Gasteiger partial charge in [0.15, 0.2) is 0 Å². The molecule has 0 bridgehead atoms. The molecule has 1 fully saturated rings. The zero-order valence-corrected chi connectivity index (χ0v) is 24.1. The number of benzene rings is 2. The standard InChI is InChI=1S/C32H34N8O2/c1-5-29(41)35-25-14-26(28(42-4)15-27(25)39-13-11-22(18-39)38(2)3)36-32-34-17-21(16-33)30(37-32)24-19-40-12-7-9-20-8-6-10-23(24)31(20)40/h5-6,8,10,14-15,17,19,22H,1,7,9,11-13,18H2,2-4H3,(H,35,41)(H,34,36,37)/t22-/m1/s1. The molecule has 0 radical (unpaired) electrons. The molecular formula is C32H34N8O2. The first-order valence-electron chi connectivity index (χ1n) is 14.1. The number of nitriles is 1. The lowest BCUT2D eigenvalue weighted by atomic mass is 10.0. The highest BCUT2D eigenvalue weighted by Gasteiger charge is 2.27. The largest absolute Gasteiger partial charge is 0.494 e. The van der Waals surface area contributed by atoms with Crippen molar-refractivity contribution < 1.29 is 9.53 Å².